The fraction of sp³-hybridized carbons (Fsp3) is 0.0952. The van der Waals surface area contributed by atoms with Crippen LogP contribution in [-0.2, 0) is 0 Å². The molecule has 3 heteroatoms. The second-order valence-corrected chi connectivity index (χ2v) is 5.86. The first kappa shape index (κ1) is 15.8. The molecule has 0 aliphatic rings. The molecule has 0 radical (unpaired) electrons. The summed E-state index contributed by atoms with van der Waals surface area (Å²) >= 11 is 0. The van der Waals surface area contributed by atoms with Crippen LogP contribution in [0, 0.1) is 6.92 Å². The normalized spacial score (nSPS) is 11.9. The second kappa shape index (κ2) is 6.59. The zero-order chi connectivity index (χ0) is 17.1. The maximum absolute atomic E-state index is 11.1. The molecule has 3 rings (SSSR count). The van der Waals surface area contributed by atoms with Crippen molar-refractivity contribution in [1.29, 1.82) is 0 Å². The summed E-state index contributed by atoms with van der Waals surface area (Å²) in [5.41, 5.74) is 4.63. The van der Waals surface area contributed by atoms with E-state index in [2.05, 4.69) is 24.3 Å². The average molecular weight is 318 g/mol. The first-order chi connectivity index (χ1) is 11.5. The van der Waals surface area contributed by atoms with Crippen LogP contribution in [0.15, 0.2) is 72.8 Å². The number of aryl methyl sites for hydroxylation is 1. The lowest BCUT2D eigenvalue weighted by Crippen LogP contribution is -2.04. The van der Waals surface area contributed by atoms with Gasteiger partial charge in [0, 0.05) is 5.92 Å². The molecule has 3 aromatic rings. The van der Waals surface area contributed by atoms with E-state index >= 15 is 0 Å². The van der Waals surface area contributed by atoms with Gasteiger partial charge in [0.05, 0.1) is 5.56 Å². The van der Waals surface area contributed by atoms with Crippen molar-refractivity contribution in [2.45, 2.75) is 12.8 Å². The SMILES string of the molecule is Cc1ccc(C(c2ccc(O)cc2)c2ccc(C(=O)O)cc2)cc1. The third-order valence-corrected chi connectivity index (χ3v) is 4.13. The molecule has 0 aromatic heterocycles. The van der Waals surface area contributed by atoms with Gasteiger partial charge >= 0.3 is 5.97 Å². The largest absolute Gasteiger partial charge is 0.508 e. The van der Waals surface area contributed by atoms with Crippen LogP contribution >= 0.6 is 0 Å². The van der Waals surface area contributed by atoms with Gasteiger partial charge in [-0.2, -0.15) is 0 Å². The van der Waals surface area contributed by atoms with Gasteiger partial charge < -0.3 is 10.2 Å². The highest BCUT2D eigenvalue weighted by atomic mass is 16.4. The topological polar surface area (TPSA) is 57.5 Å². The van der Waals surface area contributed by atoms with Crippen LogP contribution in [0.2, 0.25) is 0 Å². The smallest absolute Gasteiger partial charge is 0.335 e. The average Bonchev–Trinajstić information content (AvgIpc) is 2.59. The Morgan fingerprint density at radius 3 is 1.62 bits per heavy atom. The Morgan fingerprint density at radius 2 is 1.17 bits per heavy atom. The molecule has 24 heavy (non-hydrogen) atoms. The highest BCUT2D eigenvalue weighted by Crippen LogP contribution is 2.33. The van der Waals surface area contributed by atoms with Crippen LogP contribution in [0.5, 0.6) is 5.75 Å². The number of benzene rings is 3. The number of rotatable bonds is 4. The Bertz CT molecular complexity index is 786. The number of phenolic OH excluding ortho intramolecular Hbond substituents is 1. The van der Waals surface area contributed by atoms with Crippen LogP contribution in [0.4, 0.5) is 0 Å². The monoisotopic (exact) mass is 318 g/mol. The molecule has 1 unspecified atom stereocenters. The van der Waals surface area contributed by atoms with E-state index < -0.39 is 5.97 Å². The van der Waals surface area contributed by atoms with Crippen LogP contribution in [0.25, 0.3) is 0 Å². The molecule has 120 valence electrons. The first-order valence-corrected chi connectivity index (χ1v) is 7.73. The number of hydrogen-bond donors (Lipinski definition) is 2. The Balaban J connectivity index is 2.08. The molecule has 0 fully saturated rings. The van der Waals surface area contributed by atoms with E-state index in [4.69, 9.17) is 5.11 Å². The van der Waals surface area contributed by atoms with Gasteiger partial charge in [0.2, 0.25) is 0 Å². The molecule has 0 aliphatic carbocycles. The number of aromatic hydroxyl groups is 1. The van der Waals surface area contributed by atoms with Crippen molar-refractivity contribution in [2.75, 3.05) is 0 Å². The van der Waals surface area contributed by atoms with Gasteiger partial charge in [0.15, 0.2) is 0 Å². The number of phenols is 1. The van der Waals surface area contributed by atoms with Crippen molar-refractivity contribution in [2.24, 2.45) is 0 Å². The summed E-state index contributed by atoms with van der Waals surface area (Å²) < 4.78 is 0. The molecule has 3 nitrogen and oxygen atoms in total. The van der Waals surface area contributed by atoms with E-state index in [-0.39, 0.29) is 17.2 Å². The zero-order valence-corrected chi connectivity index (χ0v) is 13.3. The van der Waals surface area contributed by atoms with E-state index in [0.717, 1.165) is 16.7 Å². The predicted octanol–water partition coefficient (Wildman–Crippen LogP) is 4.58. The van der Waals surface area contributed by atoms with Crippen molar-refractivity contribution in [3.05, 3.63) is 101 Å². The van der Waals surface area contributed by atoms with Gasteiger partial charge in [-0.1, -0.05) is 54.1 Å². The standard InChI is InChI=1S/C21H18O3/c1-14-2-4-15(5-3-14)20(17-10-12-19(22)13-11-17)16-6-8-18(9-7-16)21(23)24/h2-13,20,22H,1H3,(H,23,24). The summed E-state index contributed by atoms with van der Waals surface area (Å²) in [5, 5.41) is 18.6. The number of carboxylic acid groups (broad SMARTS) is 1. The van der Waals surface area contributed by atoms with E-state index in [1.807, 2.05) is 31.2 Å². The Labute approximate surface area is 140 Å². The van der Waals surface area contributed by atoms with E-state index in [1.165, 1.54) is 5.56 Å². The van der Waals surface area contributed by atoms with Gasteiger partial charge in [-0.25, -0.2) is 4.79 Å². The van der Waals surface area contributed by atoms with Gasteiger partial charge in [-0.3, -0.25) is 0 Å². The van der Waals surface area contributed by atoms with E-state index in [1.54, 1.807) is 24.3 Å². The lowest BCUT2D eigenvalue weighted by molar-refractivity contribution is 0.0697. The summed E-state index contributed by atoms with van der Waals surface area (Å²) in [4.78, 5) is 11.1. The number of hydrogen-bond acceptors (Lipinski definition) is 2. The van der Waals surface area contributed by atoms with Gasteiger partial charge in [-0.15, -0.1) is 0 Å². The molecule has 0 bridgehead atoms. The minimum Gasteiger partial charge on any atom is -0.508 e. The molecule has 3 aromatic carbocycles. The van der Waals surface area contributed by atoms with Gasteiger partial charge in [-0.05, 0) is 47.9 Å². The van der Waals surface area contributed by atoms with Crippen molar-refractivity contribution in [3.8, 4) is 5.75 Å². The molecule has 0 saturated carbocycles. The third-order valence-electron chi connectivity index (χ3n) is 4.13. The Kier molecular flexibility index (Phi) is 4.34. The Hall–Kier alpha value is -3.07. The van der Waals surface area contributed by atoms with Crippen LogP contribution in [0.3, 0.4) is 0 Å². The van der Waals surface area contributed by atoms with Crippen LogP contribution < -0.4 is 0 Å². The molecular weight excluding hydrogens is 300 g/mol. The van der Waals surface area contributed by atoms with Crippen molar-refractivity contribution in [3.63, 3.8) is 0 Å². The summed E-state index contributed by atoms with van der Waals surface area (Å²) in [6.07, 6.45) is 0. The minimum absolute atomic E-state index is 0.0194. The lowest BCUT2D eigenvalue weighted by Gasteiger charge is -2.19. The summed E-state index contributed by atoms with van der Waals surface area (Å²) in [6.45, 7) is 2.04. The van der Waals surface area contributed by atoms with Crippen LogP contribution in [-0.4, -0.2) is 16.2 Å². The minimum atomic E-state index is -0.932. The van der Waals surface area contributed by atoms with Crippen LogP contribution in [0.1, 0.15) is 38.5 Å². The lowest BCUT2D eigenvalue weighted by atomic mass is 9.84. The molecule has 0 amide bonds. The number of carbonyl (C=O) groups is 1. The number of carboxylic acids is 1. The molecular formula is C21H18O3. The summed E-state index contributed by atoms with van der Waals surface area (Å²) in [7, 11) is 0. The first-order valence-electron chi connectivity index (χ1n) is 7.73. The molecule has 0 heterocycles. The fourth-order valence-corrected chi connectivity index (χ4v) is 2.82. The van der Waals surface area contributed by atoms with E-state index in [0.29, 0.717) is 0 Å². The van der Waals surface area contributed by atoms with Crippen molar-refractivity contribution in [1.82, 2.24) is 0 Å². The molecule has 0 aliphatic heterocycles. The van der Waals surface area contributed by atoms with Gasteiger partial charge in [0.25, 0.3) is 0 Å². The van der Waals surface area contributed by atoms with Crippen molar-refractivity contribution >= 4 is 5.97 Å². The quantitative estimate of drug-likeness (QED) is 0.692. The molecule has 0 spiro atoms. The third kappa shape index (κ3) is 3.30. The fourth-order valence-electron chi connectivity index (χ4n) is 2.82. The maximum Gasteiger partial charge on any atom is 0.335 e. The highest BCUT2D eigenvalue weighted by Gasteiger charge is 2.17. The Morgan fingerprint density at radius 1 is 0.750 bits per heavy atom. The summed E-state index contributed by atoms with van der Waals surface area (Å²) in [5.74, 6) is -0.727. The zero-order valence-electron chi connectivity index (χ0n) is 13.3. The summed E-state index contributed by atoms with van der Waals surface area (Å²) in [6, 6.07) is 22.4. The highest BCUT2D eigenvalue weighted by molar-refractivity contribution is 5.87. The molecule has 2 N–H and O–H groups in total. The number of aromatic carboxylic acids is 1. The van der Waals surface area contributed by atoms with E-state index in [9.17, 15) is 9.90 Å². The second-order valence-electron chi connectivity index (χ2n) is 5.86. The van der Waals surface area contributed by atoms with Crippen molar-refractivity contribution < 1.29 is 15.0 Å². The molecule has 1 atom stereocenters. The van der Waals surface area contributed by atoms with Gasteiger partial charge in [0.1, 0.15) is 5.75 Å². The maximum atomic E-state index is 11.1. The predicted molar refractivity (Wildman–Crippen MR) is 93.6 cm³/mol. The molecule has 0 saturated heterocycles.